The van der Waals surface area contributed by atoms with E-state index in [-0.39, 0.29) is 29.4 Å². The zero-order chi connectivity index (χ0) is 12.6. The van der Waals surface area contributed by atoms with Crippen LogP contribution in [0.25, 0.3) is 0 Å². The minimum atomic E-state index is 0. The van der Waals surface area contributed by atoms with Crippen molar-refractivity contribution >= 4 is 29.9 Å². The molecule has 3 rings (SSSR count). The van der Waals surface area contributed by atoms with Crippen LogP contribution in [-0.4, -0.2) is 55.9 Å². The quantitative estimate of drug-likeness (QED) is 0.444. The van der Waals surface area contributed by atoms with Crippen molar-refractivity contribution in [3.63, 3.8) is 0 Å². The fraction of sp³-hybridized carbons (Fsp3) is 0.923. The van der Waals surface area contributed by atoms with E-state index >= 15 is 0 Å². The molecule has 3 aliphatic rings. The van der Waals surface area contributed by atoms with Crippen LogP contribution in [0.15, 0.2) is 4.99 Å². The van der Waals surface area contributed by atoms with E-state index in [4.69, 9.17) is 15.2 Å². The van der Waals surface area contributed by atoms with Gasteiger partial charge in [-0.1, -0.05) is 6.92 Å². The molecule has 2 bridgehead atoms. The second kappa shape index (κ2) is 6.13. The number of morpholine rings is 1. The highest BCUT2D eigenvalue weighted by molar-refractivity contribution is 14.0. The standard InChI is InChI=1S/C13H23N3O2.HI/c1-13(8-10-2-3-11(13)18-10)9-15-12(14)16-4-6-17-7-5-16;/h10-11H,2-9H2,1H3,(H2,14,15);1H. The Labute approximate surface area is 131 Å². The first-order valence-corrected chi connectivity index (χ1v) is 6.95. The number of guanidine groups is 1. The maximum atomic E-state index is 6.06. The second-order valence-electron chi connectivity index (χ2n) is 5.96. The molecule has 2 N–H and O–H groups in total. The first-order valence-electron chi connectivity index (χ1n) is 6.95. The number of hydrogen-bond acceptors (Lipinski definition) is 3. The van der Waals surface area contributed by atoms with Crippen LogP contribution in [0.2, 0.25) is 0 Å². The van der Waals surface area contributed by atoms with Gasteiger partial charge in [-0.3, -0.25) is 4.99 Å². The van der Waals surface area contributed by atoms with E-state index in [1.54, 1.807) is 0 Å². The van der Waals surface area contributed by atoms with Gasteiger partial charge in [-0.2, -0.15) is 0 Å². The lowest BCUT2D eigenvalue weighted by molar-refractivity contribution is 0.0654. The zero-order valence-electron chi connectivity index (χ0n) is 11.5. The van der Waals surface area contributed by atoms with Gasteiger partial charge >= 0.3 is 0 Å². The van der Waals surface area contributed by atoms with E-state index in [2.05, 4.69) is 16.8 Å². The molecule has 110 valence electrons. The van der Waals surface area contributed by atoms with Crippen LogP contribution in [-0.2, 0) is 9.47 Å². The van der Waals surface area contributed by atoms with Crippen LogP contribution in [0.1, 0.15) is 26.2 Å². The molecule has 3 fully saturated rings. The van der Waals surface area contributed by atoms with Crippen molar-refractivity contribution in [1.82, 2.24) is 4.90 Å². The van der Waals surface area contributed by atoms with Crippen molar-refractivity contribution in [3.05, 3.63) is 0 Å². The number of aliphatic imine (C=N–C) groups is 1. The van der Waals surface area contributed by atoms with E-state index < -0.39 is 0 Å². The Balaban J connectivity index is 0.00000133. The Hall–Kier alpha value is -0.0800. The van der Waals surface area contributed by atoms with Gasteiger partial charge in [0.1, 0.15) is 0 Å². The molecular weight excluding hydrogens is 357 g/mol. The van der Waals surface area contributed by atoms with Crippen molar-refractivity contribution in [2.45, 2.75) is 38.4 Å². The number of hydrogen-bond donors (Lipinski definition) is 1. The lowest BCUT2D eigenvalue weighted by atomic mass is 9.76. The van der Waals surface area contributed by atoms with Crippen LogP contribution in [0, 0.1) is 5.41 Å². The molecule has 0 aromatic heterocycles. The van der Waals surface area contributed by atoms with Crippen molar-refractivity contribution in [2.24, 2.45) is 16.1 Å². The van der Waals surface area contributed by atoms with Gasteiger partial charge in [0, 0.05) is 18.5 Å². The van der Waals surface area contributed by atoms with E-state index in [0.29, 0.717) is 18.2 Å². The monoisotopic (exact) mass is 381 g/mol. The summed E-state index contributed by atoms with van der Waals surface area (Å²) in [7, 11) is 0. The van der Waals surface area contributed by atoms with Crippen LogP contribution < -0.4 is 5.73 Å². The van der Waals surface area contributed by atoms with Gasteiger partial charge in [-0.15, -0.1) is 24.0 Å². The van der Waals surface area contributed by atoms with Crippen molar-refractivity contribution in [3.8, 4) is 0 Å². The summed E-state index contributed by atoms with van der Waals surface area (Å²) in [6.07, 6.45) is 4.41. The summed E-state index contributed by atoms with van der Waals surface area (Å²) in [5.41, 5.74) is 6.26. The van der Waals surface area contributed by atoms with Gasteiger partial charge in [0.15, 0.2) is 5.96 Å². The largest absolute Gasteiger partial charge is 0.378 e. The van der Waals surface area contributed by atoms with Crippen molar-refractivity contribution < 1.29 is 9.47 Å². The molecule has 3 heterocycles. The predicted octanol–water partition coefficient (Wildman–Crippen LogP) is 1.21. The molecule has 0 aromatic rings. The third kappa shape index (κ3) is 3.16. The first-order chi connectivity index (χ1) is 8.67. The number of rotatable bonds is 2. The molecule has 0 spiro atoms. The summed E-state index contributed by atoms with van der Waals surface area (Å²) in [5, 5.41) is 0. The lowest BCUT2D eigenvalue weighted by Gasteiger charge is -2.31. The fourth-order valence-electron chi connectivity index (χ4n) is 3.34. The van der Waals surface area contributed by atoms with Gasteiger partial charge in [0.25, 0.3) is 0 Å². The van der Waals surface area contributed by atoms with E-state index in [1.165, 1.54) is 12.8 Å². The average molecular weight is 381 g/mol. The SMILES string of the molecule is CC1(CN=C(N)N2CCOCC2)CC2CCC1O2.I. The number of nitrogens with two attached hydrogens (primary N) is 1. The molecule has 0 radical (unpaired) electrons. The molecule has 6 heteroatoms. The van der Waals surface area contributed by atoms with E-state index in [9.17, 15) is 0 Å². The van der Waals surface area contributed by atoms with Crippen molar-refractivity contribution in [1.29, 1.82) is 0 Å². The van der Waals surface area contributed by atoms with Crippen LogP contribution in [0.5, 0.6) is 0 Å². The highest BCUT2D eigenvalue weighted by atomic mass is 127. The highest BCUT2D eigenvalue weighted by Crippen LogP contribution is 2.47. The van der Waals surface area contributed by atoms with Gasteiger partial charge in [-0.05, 0) is 19.3 Å². The molecule has 0 aliphatic carbocycles. The summed E-state index contributed by atoms with van der Waals surface area (Å²) in [6, 6.07) is 0. The smallest absolute Gasteiger partial charge is 0.191 e. The number of halogens is 1. The lowest BCUT2D eigenvalue weighted by Crippen LogP contribution is -2.45. The van der Waals surface area contributed by atoms with Crippen molar-refractivity contribution in [2.75, 3.05) is 32.8 Å². The molecular formula is C13H24IN3O2. The Kier molecular flexibility index (Phi) is 4.94. The Morgan fingerprint density at radius 1 is 1.37 bits per heavy atom. The Morgan fingerprint density at radius 2 is 2.11 bits per heavy atom. The molecule has 3 saturated heterocycles. The number of ether oxygens (including phenoxy) is 2. The van der Waals surface area contributed by atoms with E-state index in [1.807, 2.05) is 0 Å². The molecule has 0 amide bonds. The molecule has 0 saturated carbocycles. The summed E-state index contributed by atoms with van der Waals surface area (Å²) in [5.74, 6) is 0.669. The summed E-state index contributed by atoms with van der Waals surface area (Å²) >= 11 is 0. The molecule has 0 aromatic carbocycles. The second-order valence-corrected chi connectivity index (χ2v) is 5.96. The van der Waals surface area contributed by atoms with Gasteiger partial charge < -0.3 is 20.1 Å². The number of fused-ring (bicyclic) bond motifs is 2. The normalized spacial score (nSPS) is 38.4. The molecule has 3 unspecified atom stereocenters. The summed E-state index contributed by atoms with van der Waals surface area (Å²) in [4.78, 5) is 6.72. The maximum Gasteiger partial charge on any atom is 0.191 e. The molecule has 3 atom stereocenters. The van der Waals surface area contributed by atoms with Crippen LogP contribution in [0.4, 0.5) is 0 Å². The predicted molar refractivity (Wildman–Crippen MR) is 84.9 cm³/mol. The number of nitrogens with zero attached hydrogens (tertiary/aromatic N) is 2. The molecule has 5 nitrogen and oxygen atoms in total. The highest BCUT2D eigenvalue weighted by Gasteiger charge is 2.49. The fourth-order valence-corrected chi connectivity index (χ4v) is 3.34. The van der Waals surface area contributed by atoms with Crippen LogP contribution in [0.3, 0.4) is 0 Å². The summed E-state index contributed by atoms with van der Waals surface area (Å²) in [6.45, 7) is 6.29. The minimum absolute atomic E-state index is 0. The Bertz CT molecular complexity index is 347. The zero-order valence-corrected chi connectivity index (χ0v) is 13.8. The van der Waals surface area contributed by atoms with E-state index in [0.717, 1.165) is 39.3 Å². The first kappa shape index (κ1) is 15.3. The maximum absolute atomic E-state index is 6.06. The topological polar surface area (TPSA) is 60.1 Å². The van der Waals surface area contributed by atoms with Gasteiger partial charge in [-0.25, -0.2) is 0 Å². The third-order valence-electron chi connectivity index (χ3n) is 4.52. The Morgan fingerprint density at radius 3 is 2.68 bits per heavy atom. The van der Waals surface area contributed by atoms with Gasteiger partial charge in [0.05, 0.1) is 32.0 Å². The van der Waals surface area contributed by atoms with Crippen LogP contribution >= 0.6 is 24.0 Å². The minimum Gasteiger partial charge on any atom is -0.378 e. The molecule has 19 heavy (non-hydrogen) atoms. The average Bonchev–Trinajstić information content (AvgIpc) is 2.97. The van der Waals surface area contributed by atoms with Gasteiger partial charge in [0.2, 0.25) is 0 Å². The molecule has 3 aliphatic heterocycles. The third-order valence-corrected chi connectivity index (χ3v) is 4.52. The summed E-state index contributed by atoms with van der Waals surface area (Å²) < 4.78 is 11.2.